The standard InChI is InChI=1S/C14H13N3O4/c15-9-4-10(13(16)18)14(17-5-9)19-6-8-1-2-11-12(3-8)21-7-20-11/h1-5H,6-7,15H2,(H2,16,18). The van der Waals surface area contributed by atoms with Gasteiger partial charge in [0.1, 0.15) is 12.2 Å². The first-order valence-electron chi connectivity index (χ1n) is 6.20. The third-order valence-electron chi connectivity index (χ3n) is 2.95. The summed E-state index contributed by atoms with van der Waals surface area (Å²) in [6.45, 7) is 0.429. The van der Waals surface area contributed by atoms with Gasteiger partial charge in [0.25, 0.3) is 5.91 Å². The summed E-state index contributed by atoms with van der Waals surface area (Å²) in [5, 5.41) is 0. The molecule has 2 aromatic rings. The Hall–Kier alpha value is -2.96. The monoisotopic (exact) mass is 287 g/mol. The van der Waals surface area contributed by atoms with E-state index in [4.69, 9.17) is 25.7 Å². The van der Waals surface area contributed by atoms with Crippen molar-refractivity contribution >= 4 is 11.6 Å². The summed E-state index contributed by atoms with van der Waals surface area (Å²) >= 11 is 0. The molecule has 2 heterocycles. The first-order chi connectivity index (χ1) is 10.1. The minimum atomic E-state index is -0.643. The van der Waals surface area contributed by atoms with Gasteiger partial charge in [-0.15, -0.1) is 0 Å². The van der Waals surface area contributed by atoms with Crippen LogP contribution in [0, 0.1) is 0 Å². The van der Waals surface area contributed by atoms with Crippen LogP contribution >= 0.6 is 0 Å². The van der Waals surface area contributed by atoms with Crippen LogP contribution in [0.4, 0.5) is 5.69 Å². The lowest BCUT2D eigenvalue weighted by Gasteiger charge is -2.09. The van der Waals surface area contributed by atoms with Gasteiger partial charge in [-0.25, -0.2) is 4.98 Å². The van der Waals surface area contributed by atoms with Crippen molar-refractivity contribution in [3.8, 4) is 17.4 Å². The smallest absolute Gasteiger partial charge is 0.254 e. The van der Waals surface area contributed by atoms with Gasteiger partial charge in [-0.1, -0.05) is 6.07 Å². The molecule has 4 N–H and O–H groups in total. The van der Waals surface area contributed by atoms with Crippen LogP contribution in [-0.4, -0.2) is 17.7 Å². The van der Waals surface area contributed by atoms with Gasteiger partial charge < -0.3 is 25.7 Å². The highest BCUT2D eigenvalue weighted by Crippen LogP contribution is 2.32. The predicted octanol–water partition coefficient (Wildman–Crippen LogP) is 1.07. The number of pyridine rings is 1. The first kappa shape index (κ1) is 13.0. The molecule has 0 atom stereocenters. The molecule has 0 saturated heterocycles. The third-order valence-corrected chi connectivity index (χ3v) is 2.95. The number of fused-ring (bicyclic) bond motifs is 1. The second-order valence-electron chi connectivity index (χ2n) is 4.46. The van der Waals surface area contributed by atoms with Crippen LogP contribution in [0.25, 0.3) is 0 Å². The number of carbonyl (C=O) groups is 1. The predicted molar refractivity (Wildman–Crippen MR) is 74.1 cm³/mol. The minimum absolute atomic E-state index is 0.148. The number of nitrogens with zero attached hydrogens (tertiary/aromatic N) is 1. The van der Waals surface area contributed by atoms with Crippen LogP contribution in [0.5, 0.6) is 17.4 Å². The number of hydrogen-bond donors (Lipinski definition) is 2. The van der Waals surface area contributed by atoms with Crippen LogP contribution in [0.1, 0.15) is 15.9 Å². The normalized spacial score (nSPS) is 12.2. The summed E-state index contributed by atoms with van der Waals surface area (Å²) < 4.78 is 16.0. The van der Waals surface area contributed by atoms with Crippen molar-refractivity contribution in [2.75, 3.05) is 12.5 Å². The number of rotatable bonds is 4. The fourth-order valence-corrected chi connectivity index (χ4v) is 1.94. The zero-order chi connectivity index (χ0) is 14.8. The van der Waals surface area contributed by atoms with E-state index in [-0.39, 0.29) is 24.8 Å². The highest BCUT2D eigenvalue weighted by molar-refractivity contribution is 5.95. The van der Waals surface area contributed by atoms with Crippen molar-refractivity contribution in [3.63, 3.8) is 0 Å². The van der Waals surface area contributed by atoms with Crippen molar-refractivity contribution in [2.45, 2.75) is 6.61 Å². The molecule has 1 aliphatic heterocycles. The highest BCUT2D eigenvalue weighted by atomic mass is 16.7. The molecular weight excluding hydrogens is 274 g/mol. The molecule has 0 spiro atoms. The van der Waals surface area contributed by atoms with E-state index in [2.05, 4.69) is 4.98 Å². The second-order valence-corrected chi connectivity index (χ2v) is 4.46. The fraction of sp³-hybridized carbons (Fsp3) is 0.143. The van der Waals surface area contributed by atoms with Gasteiger partial charge in [0.05, 0.1) is 11.9 Å². The van der Waals surface area contributed by atoms with Crippen LogP contribution in [0.2, 0.25) is 0 Å². The topological polar surface area (TPSA) is 110 Å². The van der Waals surface area contributed by atoms with Crippen molar-refractivity contribution in [2.24, 2.45) is 5.73 Å². The van der Waals surface area contributed by atoms with Crippen LogP contribution in [0.15, 0.2) is 30.5 Å². The molecule has 3 rings (SSSR count). The lowest BCUT2D eigenvalue weighted by Crippen LogP contribution is -2.14. The highest BCUT2D eigenvalue weighted by Gasteiger charge is 2.15. The van der Waals surface area contributed by atoms with Gasteiger partial charge in [0.2, 0.25) is 12.7 Å². The second kappa shape index (κ2) is 5.20. The van der Waals surface area contributed by atoms with Crippen LogP contribution < -0.4 is 25.7 Å². The van der Waals surface area contributed by atoms with Crippen LogP contribution in [0.3, 0.4) is 0 Å². The average Bonchev–Trinajstić information content (AvgIpc) is 2.93. The Labute approximate surface area is 120 Å². The summed E-state index contributed by atoms with van der Waals surface area (Å²) in [6.07, 6.45) is 1.40. The number of ether oxygens (including phenoxy) is 3. The number of hydrogen-bond acceptors (Lipinski definition) is 6. The number of benzene rings is 1. The largest absolute Gasteiger partial charge is 0.472 e. The van der Waals surface area contributed by atoms with Crippen molar-refractivity contribution < 1.29 is 19.0 Å². The fourth-order valence-electron chi connectivity index (χ4n) is 1.94. The number of nitrogen functional groups attached to an aromatic ring is 1. The van der Waals surface area contributed by atoms with Crippen molar-refractivity contribution in [1.29, 1.82) is 0 Å². The third kappa shape index (κ3) is 2.66. The molecule has 1 aromatic heterocycles. The maximum Gasteiger partial charge on any atom is 0.254 e. The average molecular weight is 287 g/mol. The zero-order valence-electron chi connectivity index (χ0n) is 11.0. The molecule has 7 heteroatoms. The molecule has 0 unspecified atom stereocenters. The number of nitrogens with two attached hydrogens (primary N) is 2. The quantitative estimate of drug-likeness (QED) is 0.870. The van der Waals surface area contributed by atoms with Gasteiger partial charge in [0.15, 0.2) is 11.5 Å². The zero-order valence-corrected chi connectivity index (χ0v) is 11.0. The van der Waals surface area contributed by atoms with Gasteiger partial charge in [0, 0.05) is 0 Å². The number of carbonyl (C=O) groups excluding carboxylic acids is 1. The molecule has 0 fully saturated rings. The molecule has 1 aliphatic rings. The molecule has 0 aliphatic carbocycles. The SMILES string of the molecule is NC(=O)c1cc(N)cnc1OCc1ccc2c(c1)OCO2. The maximum absolute atomic E-state index is 11.3. The number of primary amides is 1. The Balaban J connectivity index is 1.77. The number of aromatic nitrogens is 1. The lowest BCUT2D eigenvalue weighted by atomic mass is 10.2. The van der Waals surface area contributed by atoms with E-state index in [0.717, 1.165) is 5.56 Å². The summed E-state index contributed by atoms with van der Waals surface area (Å²) in [4.78, 5) is 15.3. The lowest BCUT2D eigenvalue weighted by molar-refractivity contribution is 0.0995. The number of anilines is 1. The van der Waals surface area contributed by atoms with Gasteiger partial charge in [-0.3, -0.25) is 4.79 Å². The van der Waals surface area contributed by atoms with E-state index in [1.807, 2.05) is 12.1 Å². The number of amides is 1. The molecule has 21 heavy (non-hydrogen) atoms. The molecule has 1 amide bonds. The molecule has 108 valence electrons. The molecule has 0 saturated carbocycles. The minimum Gasteiger partial charge on any atom is -0.472 e. The summed E-state index contributed by atoms with van der Waals surface area (Å²) in [6, 6.07) is 6.88. The summed E-state index contributed by atoms with van der Waals surface area (Å²) in [5.74, 6) is 0.864. The van der Waals surface area contributed by atoms with E-state index in [0.29, 0.717) is 17.2 Å². The molecular formula is C14H13N3O4. The molecule has 7 nitrogen and oxygen atoms in total. The van der Waals surface area contributed by atoms with E-state index in [1.165, 1.54) is 12.3 Å². The van der Waals surface area contributed by atoms with E-state index >= 15 is 0 Å². The molecule has 1 aromatic carbocycles. The molecule has 0 radical (unpaired) electrons. The van der Waals surface area contributed by atoms with E-state index < -0.39 is 5.91 Å². The Bertz CT molecular complexity index is 703. The Kier molecular flexibility index (Phi) is 3.23. The van der Waals surface area contributed by atoms with Crippen molar-refractivity contribution in [3.05, 3.63) is 41.6 Å². The first-order valence-corrected chi connectivity index (χ1v) is 6.20. The molecule has 0 bridgehead atoms. The van der Waals surface area contributed by atoms with E-state index in [9.17, 15) is 4.79 Å². The maximum atomic E-state index is 11.3. The van der Waals surface area contributed by atoms with Gasteiger partial charge in [-0.2, -0.15) is 0 Å². The Morgan fingerprint density at radius 1 is 1.29 bits per heavy atom. The van der Waals surface area contributed by atoms with Crippen molar-refractivity contribution in [1.82, 2.24) is 4.98 Å². The van der Waals surface area contributed by atoms with Crippen LogP contribution in [-0.2, 0) is 6.61 Å². The Morgan fingerprint density at radius 3 is 2.90 bits per heavy atom. The van der Waals surface area contributed by atoms with E-state index in [1.54, 1.807) is 6.07 Å². The summed E-state index contributed by atoms with van der Waals surface area (Å²) in [7, 11) is 0. The Morgan fingerprint density at radius 2 is 2.10 bits per heavy atom. The summed E-state index contributed by atoms with van der Waals surface area (Å²) in [5.41, 5.74) is 12.2. The van der Waals surface area contributed by atoms with Gasteiger partial charge in [-0.05, 0) is 23.8 Å². The van der Waals surface area contributed by atoms with Gasteiger partial charge >= 0.3 is 0 Å².